The molecule has 0 unspecified atom stereocenters. The van der Waals surface area contributed by atoms with Gasteiger partial charge in [-0.2, -0.15) is 0 Å². The van der Waals surface area contributed by atoms with E-state index in [2.05, 4.69) is 16.9 Å². The van der Waals surface area contributed by atoms with E-state index in [-0.39, 0.29) is 0 Å². The molecule has 0 aliphatic rings. The lowest BCUT2D eigenvalue weighted by molar-refractivity contribution is 0.281. The lowest BCUT2D eigenvalue weighted by Crippen LogP contribution is -2.06. The van der Waals surface area contributed by atoms with Crippen molar-refractivity contribution >= 4 is 0 Å². The molecule has 1 aromatic rings. The van der Waals surface area contributed by atoms with Gasteiger partial charge in [0.2, 0.25) is 0 Å². The predicted molar refractivity (Wildman–Crippen MR) is 64.3 cm³/mol. The number of unbranched alkanes of at least 4 members (excludes halogenated alkanes) is 3. The molecule has 16 heavy (non-hydrogen) atoms. The number of nitrogens with two attached hydrogens (primary N) is 1. The second-order valence-corrected chi connectivity index (χ2v) is 3.88. The molecule has 0 atom stereocenters. The minimum Gasteiger partial charge on any atom is -0.463 e. The van der Waals surface area contributed by atoms with Gasteiger partial charge in [0.05, 0.1) is 6.61 Å². The fourth-order valence-corrected chi connectivity index (χ4v) is 1.43. The lowest BCUT2D eigenvalue weighted by atomic mass is 10.2. The Balaban J connectivity index is 2.34. The first-order valence-electron chi connectivity index (χ1n) is 5.93. The predicted octanol–water partition coefficient (Wildman–Crippen LogP) is 2.20. The van der Waals surface area contributed by atoms with E-state index in [1.54, 1.807) is 6.20 Å². The van der Waals surface area contributed by atoms with E-state index < -0.39 is 0 Å². The van der Waals surface area contributed by atoms with Gasteiger partial charge in [0, 0.05) is 24.0 Å². The molecule has 4 heteroatoms. The summed E-state index contributed by atoms with van der Waals surface area (Å²) in [6.45, 7) is 5.29. The summed E-state index contributed by atoms with van der Waals surface area (Å²) in [5.41, 5.74) is 7.41. The number of aromatic nitrogens is 2. The number of ether oxygens (including phenoxy) is 1. The first kappa shape index (κ1) is 12.9. The van der Waals surface area contributed by atoms with Crippen molar-refractivity contribution in [3.8, 4) is 6.01 Å². The van der Waals surface area contributed by atoms with Gasteiger partial charge in [0.1, 0.15) is 0 Å². The van der Waals surface area contributed by atoms with Crippen molar-refractivity contribution in [1.29, 1.82) is 0 Å². The van der Waals surface area contributed by atoms with Crippen molar-refractivity contribution in [1.82, 2.24) is 9.97 Å². The van der Waals surface area contributed by atoms with Gasteiger partial charge in [-0.15, -0.1) is 0 Å². The molecule has 0 aromatic carbocycles. The minimum atomic E-state index is 0.464. The van der Waals surface area contributed by atoms with Gasteiger partial charge >= 0.3 is 6.01 Å². The Morgan fingerprint density at radius 1 is 1.31 bits per heavy atom. The summed E-state index contributed by atoms with van der Waals surface area (Å²) in [7, 11) is 0. The minimum absolute atomic E-state index is 0.464. The average molecular weight is 223 g/mol. The third kappa shape index (κ3) is 4.14. The molecular formula is C12H21N3O. The monoisotopic (exact) mass is 223 g/mol. The quantitative estimate of drug-likeness (QED) is 0.720. The van der Waals surface area contributed by atoms with Gasteiger partial charge in [-0.05, 0) is 13.3 Å². The van der Waals surface area contributed by atoms with Crippen LogP contribution in [0.2, 0.25) is 0 Å². The molecule has 4 nitrogen and oxygen atoms in total. The molecule has 0 bridgehead atoms. The summed E-state index contributed by atoms with van der Waals surface area (Å²) in [6.07, 6.45) is 6.51. The molecule has 0 radical (unpaired) electrons. The molecule has 1 rings (SSSR count). The highest BCUT2D eigenvalue weighted by atomic mass is 16.5. The van der Waals surface area contributed by atoms with Crippen molar-refractivity contribution in [3.63, 3.8) is 0 Å². The van der Waals surface area contributed by atoms with Crippen molar-refractivity contribution in [2.75, 3.05) is 6.61 Å². The van der Waals surface area contributed by atoms with E-state index >= 15 is 0 Å². The maximum atomic E-state index is 5.53. The molecule has 0 spiro atoms. The van der Waals surface area contributed by atoms with Gasteiger partial charge in [0.15, 0.2) is 0 Å². The maximum Gasteiger partial charge on any atom is 0.316 e. The zero-order chi connectivity index (χ0) is 11.8. The third-order valence-corrected chi connectivity index (χ3v) is 2.51. The Bertz CT molecular complexity index is 315. The highest BCUT2D eigenvalue weighted by Gasteiger charge is 2.02. The molecule has 90 valence electrons. The van der Waals surface area contributed by atoms with E-state index in [9.17, 15) is 0 Å². The summed E-state index contributed by atoms with van der Waals surface area (Å²) in [6, 6.07) is 0.464. The second kappa shape index (κ2) is 7.17. The zero-order valence-electron chi connectivity index (χ0n) is 10.2. The standard InChI is InChI=1S/C12H21N3O/c1-3-4-5-6-7-16-12-14-9-11(8-13)10(2)15-12/h9H,3-8,13H2,1-2H3. The number of nitrogens with zero attached hydrogens (tertiary/aromatic N) is 2. The maximum absolute atomic E-state index is 5.53. The summed E-state index contributed by atoms with van der Waals surface area (Å²) in [5.74, 6) is 0. The van der Waals surface area contributed by atoms with Gasteiger partial charge in [0.25, 0.3) is 0 Å². The molecular weight excluding hydrogens is 202 g/mol. The fourth-order valence-electron chi connectivity index (χ4n) is 1.43. The van der Waals surface area contributed by atoms with Crippen LogP contribution in [0, 0.1) is 6.92 Å². The summed E-state index contributed by atoms with van der Waals surface area (Å²) in [4.78, 5) is 8.36. The molecule has 2 N–H and O–H groups in total. The summed E-state index contributed by atoms with van der Waals surface area (Å²) >= 11 is 0. The van der Waals surface area contributed by atoms with E-state index in [0.717, 1.165) is 17.7 Å². The molecule has 0 aliphatic heterocycles. The van der Waals surface area contributed by atoms with Crippen LogP contribution in [0.15, 0.2) is 6.20 Å². The van der Waals surface area contributed by atoms with Gasteiger partial charge in [-0.3, -0.25) is 0 Å². The zero-order valence-corrected chi connectivity index (χ0v) is 10.2. The van der Waals surface area contributed by atoms with Gasteiger partial charge in [-0.1, -0.05) is 26.2 Å². The summed E-state index contributed by atoms with van der Waals surface area (Å²) < 4.78 is 5.47. The van der Waals surface area contributed by atoms with Crippen LogP contribution < -0.4 is 10.5 Å². The molecule has 0 fully saturated rings. The Morgan fingerprint density at radius 2 is 2.12 bits per heavy atom. The number of rotatable bonds is 7. The van der Waals surface area contributed by atoms with Crippen LogP contribution in [-0.4, -0.2) is 16.6 Å². The van der Waals surface area contributed by atoms with E-state index in [0.29, 0.717) is 19.2 Å². The van der Waals surface area contributed by atoms with Crippen LogP contribution in [0.3, 0.4) is 0 Å². The van der Waals surface area contributed by atoms with E-state index in [1.807, 2.05) is 6.92 Å². The normalized spacial score (nSPS) is 10.4. The SMILES string of the molecule is CCCCCCOc1ncc(CN)c(C)n1. The smallest absolute Gasteiger partial charge is 0.316 e. The van der Waals surface area contributed by atoms with Gasteiger partial charge < -0.3 is 10.5 Å². The lowest BCUT2D eigenvalue weighted by Gasteiger charge is -2.06. The number of aryl methyl sites for hydroxylation is 1. The molecule has 1 aromatic heterocycles. The van der Waals surface area contributed by atoms with Crippen molar-refractivity contribution in [3.05, 3.63) is 17.5 Å². The molecule has 0 amide bonds. The highest BCUT2D eigenvalue weighted by molar-refractivity contribution is 5.17. The van der Waals surface area contributed by atoms with Crippen LogP contribution >= 0.6 is 0 Å². The second-order valence-electron chi connectivity index (χ2n) is 3.88. The highest BCUT2D eigenvalue weighted by Crippen LogP contribution is 2.08. The average Bonchev–Trinajstić information content (AvgIpc) is 2.29. The Kier molecular flexibility index (Phi) is 5.78. The van der Waals surface area contributed by atoms with Crippen molar-refractivity contribution < 1.29 is 4.74 Å². The Hall–Kier alpha value is -1.16. The van der Waals surface area contributed by atoms with Crippen LogP contribution in [0.25, 0.3) is 0 Å². The first-order chi connectivity index (χ1) is 7.77. The van der Waals surface area contributed by atoms with E-state index in [1.165, 1.54) is 19.3 Å². The van der Waals surface area contributed by atoms with Crippen LogP contribution in [0.1, 0.15) is 43.9 Å². The molecule has 0 aliphatic carbocycles. The van der Waals surface area contributed by atoms with E-state index in [4.69, 9.17) is 10.5 Å². The van der Waals surface area contributed by atoms with Crippen LogP contribution in [0.4, 0.5) is 0 Å². The Labute approximate surface area is 97.2 Å². The number of hydrogen-bond donors (Lipinski definition) is 1. The topological polar surface area (TPSA) is 61.0 Å². The molecule has 0 saturated heterocycles. The largest absolute Gasteiger partial charge is 0.463 e. The first-order valence-corrected chi connectivity index (χ1v) is 5.93. The van der Waals surface area contributed by atoms with Crippen molar-refractivity contribution in [2.24, 2.45) is 5.73 Å². The summed E-state index contributed by atoms with van der Waals surface area (Å²) in [5, 5.41) is 0. The van der Waals surface area contributed by atoms with Crippen molar-refractivity contribution in [2.45, 2.75) is 46.1 Å². The fraction of sp³-hybridized carbons (Fsp3) is 0.667. The van der Waals surface area contributed by atoms with Crippen LogP contribution in [-0.2, 0) is 6.54 Å². The molecule has 1 heterocycles. The number of hydrogen-bond acceptors (Lipinski definition) is 4. The Morgan fingerprint density at radius 3 is 2.75 bits per heavy atom. The van der Waals surface area contributed by atoms with Crippen LogP contribution in [0.5, 0.6) is 6.01 Å². The molecule has 0 saturated carbocycles. The van der Waals surface area contributed by atoms with Gasteiger partial charge in [-0.25, -0.2) is 9.97 Å². The third-order valence-electron chi connectivity index (χ3n) is 2.51.